The second kappa shape index (κ2) is 4.88. The van der Waals surface area contributed by atoms with E-state index in [2.05, 4.69) is 4.57 Å². The van der Waals surface area contributed by atoms with Crippen molar-refractivity contribution in [3.8, 4) is 0 Å². The molecule has 0 atom stereocenters. The first-order chi connectivity index (χ1) is 8.75. The summed E-state index contributed by atoms with van der Waals surface area (Å²) in [6.45, 7) is 1.74. The highest BCUT2D eigenvalue weighted by Gasteiger charge is 2.29. The van der Waals surface area contributed by atoms with E-state index in [0.29, 0.717) is 11.7 Å². The van der Waals surface area contributed by atoms with Gasteiger partial charge in [0, 0.05) is 31.1 Å². The lowest BCUT2D eigenvalue weighted by Crippen LogP contribution is -2.34. The molecule has 0 unspecified atom stereocenters. The molecule has 2 aliphatic rings. The minimum absolute atomic E-state index is 0.154. The van der Waals surface area contributed by atoms with Crippen molar-refractivity contribution in [1.82, 2.24) is 9.47 Å². The third-order valence-corrected chi connectivity index (χ3v) is 4.59. The fourth-order valence-corrected chi connectivity index (χ4v) is 3.32. The third-order valence-electron chi connectivity index (χ3n) is 3.54. The second-order valence-corrected chi connectivity index (χ2v) is 6.28. The van der Waals surface area contributed by atoms with Gasteiger partial charge in [0.2, 0.25) is 0 Å². The molecular weight excluding hydrogens is 246 g/mol. The number of nitrogens with zero attached hydrogens (tertiary/aromatic N) is 2. The largest absolute Gasteiger partial charge is 0.397 e. The fourth-order valence-electron chi connectivity index (χ4n) is 2.44. The smallest absolute Gasteiger partial charge is 0.270 e. The number of amides is 1. The van der Waals surface area contributed by atoms with Gasteiger partial charge in [0.25, 0.3) is 5.91 Å². The van der Waals surface area contributed by atoms with Crippen molar-refractivity contribution >= 4 is 23.4 Å². The number of anilines is 1. The van der Waals surface area contributed by atoms with Crippen molar-refractivity contribution in [2.45, 2.75) is 25.3 Å². The molecule has 0 bridgehead atoms. The van der Waals surface area contributed by atoms with Crippen LogP contribution >= 0.6 is 11.8 Å². The van der Waals surface area contributed by atoms with Gasteiger partial charge in [-0.2, -0.15) is 11.8 Å². The summed E-state index contributed by atoms with van der Waals surface area (Å²) in [5.74, 6) is 2.36. The van der Waals surface area contributed by atoms with Gasteiger partial charge in [-0.1, -0.05) is 0 Å². The summed E-state index contributed by atoms with van der Waals surface area (Å²) in [6.07, 6.45) is 5.35. The van der Waals surface area contributed by atoms with Crippen molar-refractivity contribution in [3.63, 3.8) is 0 Å². The van der Waals surface area contributed by atoms with Gasteiger partial charge in [-0.25, -0.2) is 0 Å². The summed E-state index contributed by atoms with van der Waals surface area (Å²) in [7, 11) is 0. The van der Waals surface area contributed by atoms with Crippen molar-refractivity contribution in [1.29, 1.82) is 0 Å². The number of rotatable bonds is 2. The molecule has 1 amide bonds. The Balaban J connectivity index is 1.82. The van der Waals surface area contributed by atoms with Crippen molar-refractivity contribution < 1.29 is 4.79 Å². The molecule has 2 fully saturated rings. The molecule has 1 aliphatic heterocycles. The molecule has 1 saturated heterocycles. The van der Waals surface area contributed by atoms with E-state index < -0.39 is 0 Å². The molecule has 0 aromatic carbocycles. The van der Waals surface area contributed by atoms with E-state index in [1.54, 1.807) is 0 Å². The van der Waals surface area contributed by atoms with E-state index in [1.807, 2.05) is 28.9 Å². The lowest BCUT2D eigenvalue weighted by molar-refractivity contribution is 0.0757. The van der Waals surface area contributed by atoms with Gasteiger partial charge in [0.1, 0.15) is 5.69 Å². The monoisotopic (exact) mass is 265 g/mol. The number of thioether (sulfide) groups is 1. The van der Waals surface area contributed by atoms with Crippen LogP contribution in [0.15, 0.2) is 12.3 Å². The Morgan fingerprint density at radius 3 is 2.94 bits per heavy atom. The molecule has 2 heterocycles. The number of nitrogens with two attached hydrogens (primary N) is 1. The topological polar surface area (TPSA) is 51.3 Å². The standard InChI is InChI=1S/C13H19N3OS/c14-10-8-12(16(9-10)11-2-3-11)13(17)15-4-1-6-18-7-5-15/h8-9,11H,1-7,14H2. The normalized spacial score (nSPS) is 20.8. The summed E-state index contributed by atoms with van der Waals surface area (Å²) in [4.78, 5) is 14.5. The highest BCUT2D eigenvalue weighted by Crippen LogP contribution is 2.37. The van der Waals surface area contributed by atoms with E-state index in [-0.39, 0.29) is 5.91 Å². The Morgan fingerprint density at radius 1 is 1.33 bits per heavy atom. The van der Waals surface area contributed by atoms with Gasteiger partial charge in [-0.3, -0.25) is 4.79 Å². The third kappa shape index (κ3) is 2.36. The van der Waals surface area contributed by atoms with Crippen LogP contribution in [0.25, 0.3) is 0 Å². The molecule has 1 saturated carbocycles. The quantitative estimate of drug-likeness (QED) is 0.889. The van der Waals surface area contributed by atoms with Crippen molar-refractivity contribution in [2.75, 3.05) is 30.3 Å². The zero-order valence-corrected chi connectivity index (χ0v) is 11.3. The number of aromatic nitrogens is 1. The molecular formula is C13H19N3OS. The zero-order chi connectivity index (χ0) is 12.5. The maximum atomic E-state index is 12.6. The van der Waals surface area contributed by atoms with Gasteiger partial charge >= 0.3 is 0 Å². The van der Waals surface area contributed by atoms with Crippen LogP contribution in [0.3, 0.4) is 0 Å². The minimum atomic E-state index is 0.154. The van der Waals surface area contributed by atoms with Gasteiger partial charge < -0.3 is 15.2 Å². The SMILES string of the molecule is Nc1cc(C(=O)N2CCCSCC2)n(C2CC2)c1. The molecule has 4 nitrogen and oxygen atoms in total. The van der Waals surface area contributed by atoms with Gasteiger partial charge in [-0.15, -0.1) is 0 Å². The first-order valence-corrected chi connectivity index (χ1v) is 7.75. The Hall–Kier alpha value is -1.10. The van der Waals surface area contributed by atoms with E-state index in [0.717, 1.165) is 36.7 Å². The Bertz CT molecular complexity index is 445. The fraction of sp³-hybridized carbons (Fsp3) is 0.615. The van der Waals surface area contributed by atoms with Crippen LogP contribution in [0.2, 0.25) is 0 Å². The Morgan fingerprint density at radius 2 is 2.17 bits per heavy atom. The lowest BCUT2D eigenvalue weighted by atomic mass is 10.3. The molecule has 3 rings (SSSR count). The average Bonchev–Trinajstić information content (AvgIpc) is 3.16. The molecule has 0 spiro atoms. The summed E-state index contributed by atoms with van der Waals surface area (Å²) in [5.41, 5.74) is 7.33. The van der Waals surface area contributed by atoms with E-state index in [4.69, 9.17) is 5.73 Å². The Kier molecular flexibility index (Phi) is 3.24. The number of carbonyl (C=O) groups is 1. The van der Waals surface area contributed by atoms with Gasteiger partial charge in [-0.05, 0) is 31.1 Å². The van der Waals surface area contributed by atoms with E-state index >= 15 is 0 Å². The van der Waals surface area contributed by atoms with Crippen LogP contribution in [0, 0.1) is 0 Å². The highest BCUT2D eigenvalue weighted by molar-refractivity contribution is 7.99. The molecule has 18 heavy (non-hydrogen) atoms. The zero-order valence-electron chi connectivity index (χ0n) is 10.5. The van der Waals surface area contributed by atoms with E-state index in [9.17, 15) is 4.79 Å². The molecule has 5 heteroatoms. The predicted molar refractivity (Wildman–Crippen MR) is 75.0 cm³/mol. The number of hydrogen-bond donors (Lipinski definition) is 1. The van der Waals surface area contributed by atoms with Crippen LogP contribution in [-0.2, 0) is 0 Å². The van der Waals surface area contributed by atoms with E-state index in [1.165, 1.54) is 12.8 Å². The van der Waals surface area contributed by atoms with Crippen molar-refractivity contribution in [2.24, 2.45) is 0 Å². The van der Waals surface area contributed by atoms with Gasteiger partial charge in [0.05, 0.1) is 5.69 Å². The Labute approximate surface area is 112 Å². The molecule has 2 N–H and O–H groups in total. The summed E-state index contributed by atoms with van der Waals surface area (Å²) >= 11 is 1.93. The second-order valence-electron chi connectivity index (χ2n) is 5.06. The first-order valence-electron chi connectivity index (χ1n) is 6.60. The molecule has 98 valence electrons. The minimum Gasteiger partial charge on any atom is -0.397 e. The predicted octanol–water partition coefficient (Wildman–Crippen LogP) is 1.98. The van der Waals surface area contributed by atoms with Crippen LogP contribution in [0.5, 0.6) is 0 Å². The van der Waals surface area contributed by atoms with Crippen LogP contribution < -0.4 is 5.73 Å². The highest BCUT2D eigenvalue weighted by atomic mass is 32.2. The van der Waals surface area contributed by atoms with Crippen LogP contribution in [0.1, 0.15) is 35.8 Å². The maximum absolute atomic E-state index is 12.6. The molecule has 1 aromatic rings. The number of carbonyl (C=O) groups excluding carboxylic acids is 1. The van der Waals surface area contributed by atoms with Crippen LogP contribution in [0.4, 0.5) is 5.69 Å². The number of hydrogen-bond acceptors (Lipinski definition) is 3. The average molecular weight is 265 g/mol. The number of nitrogen functional groups attached to an aromatic ring is 1. The molecule has 1 aromatic heterocycles. The molecule has 1 aliphatic carbocycles. The maximum Gasteiger partial charge on any atom is 0.270 e. The lowest BCUT2D eigenvalue weighted by Gasteiger charge is -2.20. The molecule has 0 radical (unpaired) electrons. The first kappa shape index (κ1) is 12.0. The summed E-state index contributed by atoms with van der Waals surface area (Å²) in [5, 5.41) is 0. The summed E-state index contributed by atoms with van der Waals surface area (Å²) in [6, 6.07) is 2.33. The van der Waals surface area contributed by atoms with Crippen molar-refractivity contribution in [3.05, 3.63) is 18.0 Å². The summed E-state index contributed by atoms with van der Waals surface area (Å²) < 4.78 is 2.08. The van der Waals surface area contributed by atoms with Gasteiger partial charge in [0.15, 0.2) is 0 Å². The van der Waals surface area contributed by atoms with Crippen LogP contribution in [-0.4, -0.2) is 40.0 Å².